The zero-order valence-corrected chi connectivity index (χ0v) is 12.5. The van der Waals surface area contributed by atoms with Crippen LogP contribution in [-0.2, 0) is 11.2 Å². The van der Waals surface area contributed by atoms with E-state index >= 15 is 0 Å². The maximum Gasteiger partial charge on any atom is 0.312 e. The first-order valence-electron chi connectivity index (χ1n) is 6.06. The van der Waals surface area contributed by atoms with E-state index in [9.17, 15) is 9.59 Å². The number of amides is 3. The third kappa shape index (κ3) is 4.73. The Morgan fingerprint density at radius 3 is 2.81 bits per heavy atom. The summed E-state index contributed by atoms with van der Waals surface area (Å²) in [7, 11) is 0. The van der Waals surface area contributed by atoms with Crippen LogP contribution in [0.25, 0.3) is 0 Å². The second kappa shape index (κ2) is 7.05. The van der Waals surface area contributed by atoms with Crippen molar-refractivity contribution in [2.24, 2.45) is 5.73 Å². The van der Waals surface area contributed by atoms with E-state index in [1.54, 1.807) is 6.20 Å². The molecule has 3 amide bonds. The first-order chi connectivity index (χ1) is 10.0. The number of halogens is 1. The summed E-state index contributed by atoms with van der Waals surface area (Å²) in [6.07, 6.45) is 2.33. The van der Waals surface area contributed by atoms with Gasteiger partial charge in [0.2, 0.25) is 5.91 Å². The quantitative estimate of drug-likeness (QED) is 0.784. The van der Waals surface area contributed by atoms with Gasteiger partial charge in [0.15, 0.2) is 5.13 Å². The van der Waals surface area contributed by atoms with E-state index in [2.05, 4.69) is 15.6 Å². The Kier molecular flexibility index (Phi) is 5.13. The summed E-state index contributed by atoms with van der Waals surface area (Å²) in [6.45, 7) is -0.186. The molecule has 0 aliphatic carbocycles. The van der Waals surface area contributed by atoms with Gasteiger partial charge in [-0.3, -0.25) is 4.79 Å². The average Bonchev–Trinajstić information content (AvgIpc) is 2.86. The number of nitrogens with two attached hydrogens (primary N) is 1. The second-order valence-corrected chi connectivity index (χ2v) is 5.69. The molecule has 0 saturated carbocycles. The minimum Gasteiger partial charge on any atom is -0.352 e. The number of aromatic nitrogens is 1. The molecule has 2 rings (SSSR count). The van der Waals surface area contributed by atoms with Crippen LogP contribution in [0.5, 0.6) is 0 Å². The summed E-state index contributed by atoms with van der Waals surface area (Å²) >= 11 is 7.45. The summed E-state index contributed by atoms with van der Waals surface area (Å²) in [6, 6.07) is 6.81. The zero-order chi connectivity index (χ0) is 15.2. The lowest BCUT2D eigenvalue weighted by Crippen LogP contribution is -2.36. The van der Waals surface area contributed by atoms with Crippen LogP contribution in [0, 0.1) is 0 Å². The molecule has 0 aliphatic heterocycles. The van der Waals surface area contributed by atoms with Crippen LogP contribution in [0.15, 0.2) is 30.5 Å². The van der Waals surface area contributed by atoms with Crippen molar-refractivity contribution in [2.75, 3.05) is 11.9 Å². The lowest BCUT2D eigenvalue weighted by atomic mass is 10.1. The molecule has 2 aromatic rings. The molecular weight excluding hydrogens is 312 g/mol. The van der Waals surface area contributed by atoms with Crippen LogP contribution in [0.3, 0.4) is 0 Å². The predicted molar refractivity (Wildman–Crippen MR) is 82.6 cm³/mol. The molecular formula is C13H13ClN4O2S. The van der Waals surface area contributed by atoms with Gasteiger partial charge in [-0.15, -0.1) is 11.3 Å². The fraction of sp³-hybridized carbons (Fsp3) is 0.154. The highest BCUT2D eigenvalue weighted by Gasteiger charge is 2.08. The number of hydrogen-bond acceptors (Lipinski definition) is 4. The molecule has 6 nitrogen and oxygen atoms in total. The van der Waals surface area contributed by atoms with E-state index in [4.69, 9.17) is 17.3 Å². The van der Waals surface area contributed by atoms with Gasteiger partial charge in [0.05, 0.1) is 6.54 Å². The molecule has 0 spiro atoms. The van der Waals surface area contributed by atoms with Crippen molar-refractivity contribution in [3.8, 4) is 0 Å². The number of thiazole rings is 1. The van der Waals surface area contributed by atoms with Crippen LogP contribution < -0.4 is 16.4 Å². The average molecular weight is 325 g/mol. The monoisotopic (exact) mass is 324 g/mol. The summed E-state index contributed by atoms with van der Waals surface area (Å²) < 4.78 is 0. The number of nitrogens with one attached hydrogen (secondary N) is 2. The molecule has 21 heavy (non-hydrogen) atoms. The van der Waals surface area contributed by atoms with Crippen molar-refractivity contribution >= 4 is 40.0 Å². The van der Waals surface area contributed by atoms with Gasteiger partial charge >= 0.3 is 6.03 Å². The summed E-state index contributed by atoms with van der Waals surface area (Å²) in [5, 5.41) is 5.95. The summed E-state index contributed by atoms with van der Waals surface area (Å²) in [4.78, 5) is 27.1. The van der Waals surface area contributed by atoms with Crippen LogP contribution in [0.1, 0.15) is 10.4 Å². The van der Waals surface area contributed by atoms with E-state index in [0.29, 0.717) is 16.6 Å². The summed E-state index contributed by atoms with van der Waals surface area (Å²) in [5.41, 5.74) is 5.88. The largest absolute Gasteiger partial charge is 0.352 e. The number of anilines is 1. The molecule has 1 aromatic carbocycles. The van der Waals surface area contributed by atoms with Gasteiger partial charge in [0.25, 0.3) is 0 Å². The topological polar surface area (TPSA) is 97.1 Å². The number of carbonyl (C=O) groups excluding carboxylic acids is 2. The first-order valence-corrected chi connectivity index (χ1v) is 7.25. The summed E-state index contributed by atoms with van der Waals surface area (Å²) in [5.74, 6) is -0.382. The van der Waals surface area contributed by atoms with Crippen molar-refractivity contribution < 1.29 is 9.59 Å². The third-order valence-corrected chi connectivity index (χ3v) is 3.83. The van der Waals surface area contributed by atoms with Crippen molar-refractivity contribution in [3.63, 3.8) is 0 Å². The molecule has 1 heterocycles. The van der Waals surface area contributed by atoms with Crippen LogP contribution in [0.2, 0.25) is 5.02 Å². The molecule has 4 N–H and O–H groups in total. The molecule has 0 fully saturated rings. The normalized spacial score (nSPS) is 10.1. The van der Waals surface area contributed by atoms with Crippen LogP contribution >= 0.6 is 22.9 Å². The SMILES string of the molecule is NC(=O)NCC(=O)Nc1ncc(Cc2ccccc2Cl)s1. The lowest BCUT2D eigenvalue weighted by molar-refractivity contribution is -0.115. The highest BCUT2D eigenvalue weighted by atomic mass is 35.5. The molecule has 0 bridgehead atoms. The van der Waals surface area contributed by atoms with E-state index in [1.807, 2.05) is 24.3 Å². The van der Waals surface area contributed by atoms with Crippen molar-refractivity contribution in [1.82, 2.24) is 10.3 Å². The van der Waals surface area contributed by atoms with Crippen LogP contribution in [-0.4, -0.2) is 23.5 Å². The predicted octanol–water partition coefficient (Wildman–Crippen LogP) is 1.99. The van der Waals surface area contributed by atoms with Crippen molar-refractivity contribution in [2.45, 2.75) is 6.42 Å². The van der Waals surface area contributed by atoms with Gasteiger partial charge in [-0.05, 0) is 11.6 Å². The van der Waals surface area contributed by atoms with E-state index in [0.717, 1.165) is 10.4 Å². The van der Waals surface area contributed by atoms with Gasteiger partial charge in [-0.25, -0.2) is 9.78 Å². The number of nitrogens with zero attached hydrogens (tertiary/aromatic N) is 1. The fourth-order valence-electron chi connectivity index (χ4n) is 1.61. The van der Waals surface area contributed by atoms with Crippen molar-refractivity contribution in [1.29, 1.82) is 0 Å². The molecule has 0 unspecified atom stereocenters. The minimum absolute atomic E-state index is 0.186. The third-order valence-electron chi connectivity index (χ3n) is 2.55. The zero-order valence-electron chi connectivity index (χ0n) is 10.9. The van der Waals surface area contributed by atoms with Gasteiger partial charge < -0.3 is 16.4 Å². The minimum atomic E-state index is -0.747. The molecule has 110 valence electrons. The highest BCUT2D eigenvalue weighted by Crippen LogP contribution is 2.24. The second-order valence-electron chi connectivity index (χ2n) is 4.17. The van der Waals surface area contributed by atoms with E-state index in [1.165, 1.54) is 11.3 Å². The maximum atomic E-state index is 11.5. The van der Waals surface area contributed by atoms with E-state index in [-0.39, 0.29) is 12.5 Å². The van der Waals surface area contributed by atoms with Crippen molar-refractivity contribution in [3.05, 3.63) is 45.9 Å². The Morgan fingerprint density at radius 1 is 1.33 bits per heavy atom. The molecule has 0 aliphatic rings. The Bertz CT molecular complexity index is 659. The van der Waals surface area contributed by atoms with Gasteiger partial charge in [-0.2, -0.15) is 0 Å². The van der Waals surface area contributed by atoms with Crippen LogP contribution in [0.4, 0.5) is 9.93 Å². The Balaban J connectivity index is 1.94. The smallest absolute Gasteiger partial charge is 0.312 e. The number of urea groups is 1. The van der Waals surface area contributed by atoms with Gasteiger partial charge in [-0.1, -0.05) is 29.8 Å². The maximum absolute atomic E-state index is 11.5. The molecule has 0 saturated heterocycles. The number of rotatable bonds is 5. The number of hydrogen-bond donors (Lipinski definition) is 3. The Morgan fingerprint density at radius 2 is 2.10 bits per heavy atom. The Hall–Kier alpha value is -2.12. The Labute approximate surface area is 130 Å². The molecule has 0 radical (unpaired) electrons. The molecule has 1 aromatic heterocycles. The standard InChI is InChI=1S/C13H13ClN4O2S/c14-10-4-2-1-3-8(10)5-9-6-17-13(21-9)18-11(19)7-16-12(15)20/h1-4,6H,5,7H2,(H3,15,16,20)(H,17,18,19). The first kappa shape index (κ1) is 15.3. The number of carbonyl (C=O) groups is 2. The van der Waals surface area contributed by atoms with Gasteiger partial charge in [0.1, 0.15) is 0 Å². The number of benzene rings is 1. The lowest BCUT2D eigenvalue weighted by Gasteiger charge is -2.02. The van der Waals surface area contributed by atoms with E-state index < -0.39 is 6.03 Å². The number of primary amides is 1. The van der Waals surface area contributed by atoms with Gasteiger partial charge in [0, 0.05) is 22.5 Å². The highest BCUT2D eigenvalue weighted by molar-refractivity contribution is 7.15. The fourth-order valence-corrected chi connectivity index (χ4v) is 2.66. The molecule has 0 atom stereocenters. The molecule has 8 heteroatoms.